The smallest absolute Gasteiger partial charge is 0.162 e. The monoisotopic (exact) mass is 769 g/mol. The number of pyridine rings is 1. The Labute approximate surface area is 275 Å². The Balaban J connectivity index is 0.000000239. The van der Waals surface area contributed by atoms with Gasteiger partial charge in [-0.1, -0.05) is 91.2 Å². The van der Waals surface area contributed by atoms with Crippen molar-refractivity contribution >= 4 is 49.7 Å². The van der Waals surface area contributed by atoms with E-state index in [9.17, 15) is 9.90 Å². The molecule has 0 saturated heterocycles. The van der Waals surface area contributed by atoms with E-state index in [0.717, 1.165) is 37.8 Å². The van der Waals surface area contributed by atoms with Crippen LogP contribution in [0.5, 0.6) is 0 Å². The second-order valence-electron chi connectivity index (χ2n) is 13.2. The molecule has 4 aromatic heterocycles. The Kier molecular flexibility index (Phi) is 10.3. The molecule has 0 fully saturated rings. The number of allylic oxidation sites excluding steroid dienone is 2. The van der Waals surface area contributed by atoms with Gasteiger partial charge < -0.3 is 13.9 Å². The van der Waals surface area contributed by atoms with Crippen molar-refractivity contribution in [1.82, 2.24) is 13.8 Å². The molecule has 5 nitrogen and oxygen atoms in total. The molecule has 0 atom stereocenters. The van der Waals surface area contributed by atoms with Crippen molar-refractivity contribution in [2.24, 2.45) is 17.3 Å². The predicted molar refractivity (Wildman–Crippen MR) is 180 cm³/mol. The minimum atomic E-state index is 0. The molecule has 0 spiro atoms. The number of benzene rings is 2. The van der Waals surface area contributed by atoms with Gasteiger partial charge in [-0.05, 0) is 72.1 Å². The van der Waals surface area contributed by atoms with Crippen LogP contribution in [0.1, 0.15) is 85.3 Å². The summed E-state index contributed by atoms with van der Waals surface area (Å²) in [7, 11) is 0. The molecule has 44 heavy (non-hydrogen) atoms. The molecule has 6 aromatic rings. The summed E-state index contributed by atoms with van der Waals surface area (Å²) in [5, 5.41) is 14.8. The summed E-state index contributed by atoms with van der Waals surface area (Å²) in [6, 6.07) is 15.5. The van der Waals surface area contributed by atoms with Crippen molar-refractivity contribution in [3.05, 3.63) is 77.8 Å². The molecule has 0 aliphatic rings. The fourth-order valence-corrected chi connectivity index (χ4v) is 6.66. The van der Waals surface area contributed by atoms with Crippen molar-refractivity contribution in [1.29, 1.82) is 0 Å². The van der Waals surface area contributed by atoms with Crippen LogP contribution in [0.2, 0.25) is 0 Å². The number of hydrogen-bond acceptors (Lipinski definition) is 3. The molecule has 6 heteroatoms. The maximum atomic E-state index is 11.7. The predicted octanol–water partition coefficient (Wildman–Crippen LogP) is 10.0. The molecule has 0 aliphatic heterocycles. The average molecular weight is 769 g/mol. The Morgan fingerprint density at radius 3 is 2.25 bits per heavy atom. The van der Waals surface area contributed by atoms with E-state index >= 15 is 0 Å². The first-order chi connectivity index (χ1) is 20.5. The quantitative estimate of drug-likeness (QED) is 0.0953. The van der Waals surface area contributed by atoms with Crippen LogP contribution in [0, 0.1) is 30.4 Å². The van der Waals surface area contributed by atoms with Gasteiger partial charge in [0.1, 0.15) is 0 Å². The molecule has 0 amide bonds. The van der Waals surface area contributed by atoms with E-state index < -0.39 is 0 Å². The zero-order valence-electron chi connectivity index (χ0n) is 27.4. The molecule has 6 rings (SSSR count). The van der Waals surface area contributed by atoms with Gasteiger partial charge in [-0.3, -0.25) is 9.78 Å². The number of carbonyl (C=O) groups is 1. The Morgan fingerprint density at radius 2 is 1.61 bits per heavy atom. The number of carbonyl (C=O) groups excluding carboxylic acids is 1. The Hall–Kier alpha value is -3.21. The van der Waals surface area contributed by atoms with E-state index in [1.54, 1.807) is 0 Å². The summed E-state index contributed by atoms with van der Waals surface area (Å²) in [5.41, 5.74) is 7.45. The van der Waals surface area contributed by atoms with Crippen molar-refractivity contribution in [2.75, 3.05) is 0 Å². The van der Waals surface area contributed by atoms with Crippen molar-refractivity contribution < 1.29 is 30.0 Å². The Morgan fingerprint density at radius 1 is 0.955 bits per heavy atom. The number of aryl methyl sites for hydroxylation is 1. The van der Waals surface area contributed by atoms with Crippen LogP contribution in [-0.4, -0.2) is 24.7 Å². The van der Waals surface area contributed by atoms with Crippen molar-refractivity contribution in [3.63, 3.8) is 0 Å². The zero-order chi connectivity index (χ0) is 31.1. The van der Waals surface area contributed by atoms with Crippen LogP contribution in [0.4, 0.5) is 0 Å². The molecule has 235 valence electrons. The SMILES string of the molecule is CCC(CC)C(=O)/C=C(\O)C(CC)CC.Cc1[c-]n2c3nccc4cc(CC(C)(C)C)cc(c43)n3c4ccccc4c1c23.[Ir]. The van der Waals surface area contributed by atoms with Gasteiger partial charge in [-0.2, -0.15) is 0 Å². The number of aliphatic hydroxyl groups excluding tert-OH is 1. The topological polar surface area (TPSA) is 59.0 Å². The number of aliphatic hydroxyl groups is 1. The first kappa shape index (κ1) is 33.7. The van der Waals surface area contributed by atoms with Crippen LogP contribution in [-0.2, 0) is 31.3 Å². The van der Waals surface area contributed by atoms with E-state index in [4.69, 9.17) is 4.98 Å². The molecule has 0 unspecified atom stereocenters. The summed E-state index contributed by atoms with van der Waals surface area (Å²) >= 11 is 0. The summed E-state index contributed by atoms with van der Waals surface area (Å²) in [6.07, 6.45) is 11.4. The van der Waals surface area contributed by atoms with Crippen molar-refractivity contribution in [3.8, 4) is 0 Å². The molecular weight excluding hydrogens is 723 g/mol. The number of fused-ring (bicyclic) bond motifs is 5. The molecule has 4 heterocycles. The summed E-state index contributed by atoms with van der Waals surface area (Å²) < 4.78 is 4.57. The third kappa shape index (κ3) is 6.16. The minimum Gasteiger partial charge on any atom is -0.512 e. The van der Waals surface area contributed by atoms with Crippen molar-refractivity contribution in [2.45, 2.75) is 87.5 Å². The number of hydrogen-bond donors (Lipinski definition) is 1. The van der Waals surface area contributed by atoms with Gasteiger partial charge in [0, 0.05) is 66.3 Å². The van der Waals surface area contributed by atoms with E-state index in [1.165, 1.54) is 55.4 Å². The van der Waals surface area contributed by atoms with Crippen LogP contribution < -0.4 is 0 Å². The second kappa shape index (κ2) is 13.4. The zero-order valence-corrected chi connectivity index (χ0v) is 29.8. The van der Waals surface area contributed by atoms with Crippen LogP contribution in [0.25, 0.3) is 43.9 Å². The molecular formula is C38H46IrN3O2-. The molecule has 0 saturated carbocycles. The number of rotatable bonds is 8. The Bertz CT molecular complexity index is 1930. The normalized spacial score (nSPS) is 12.6. The maximum absolute atomic E-state index is 11.7. The first-order valence-electron chi connectivity index (χ1n) is 15.9. The summed E-state index contributed by atoms with van der Waals surface area (Å²) in [4.78, 5) is 16.5. The third-order valence-corrected chi connectivity index (χ3v) is 8.87. The molecule has 0 aliphatic carbocycles. The number of ketones is 1. The van der Waals surface area contributed by atoms with Gasteiger partial charge in [0.2, 0.25) is 0 Å². The standard InChI is InChI=1S/C25H22N3.C13H24O2.Ir/c1-15-14-27-23-22-17(9-10-26-23)11-16(13-25(2,3)4)12-20(22)28-19-8-6-5-7-18(19)21(15)24(27)28;1-5-10(6-2)12(14)9-13(15)11(7-3)8-4;/h5-12H,13H2,1-4H3;9-11,14H,5-8H2,1-4H3;/q-1;;/b;12-9-;. The molecule has 2 aromatic carbocycles. The second-order valence-corrected chi connectivity index (χ2v) is 13.2. The number of nitrogens with zero attached hydrogens (tertiary/aromatic N) is 3. The summed E-state index contributed by atoms with van der Waals surface area (Å²) in [6.45, 7) is 17.1. The maximum Gasteiger partial charge on any atom is 0.162 e. The van der Waals surface area contributed by atoms with Gasteiger partial charge in [-0.25, -0.2) is 0 Å². The van der Waals surface area contributed by atoms with Gasteiger partial charge in [0.15, 0.2) is 5.78 Å². The molecule has 0 bridgehead atoms. The van der Waals surface area contributed by atoms with E-state index in [0.29, 0.717) is 0 Å². The summed E-state index contributed by atoms with van der Waals surface area (Å²) in [5.74, 6) is 0.547. The van der Waals surface area contributed by atoms with E-state index in [1.807, 2.05) is 33.9 Å². The van der Waals surface area contributed by atoms with Crippen LogP contribution in [0.15, 0.2) is 60.5 Å². The van der Waals surface area contributed by atoms with Gasteiger partial charge in [0.05, 0.1) is 11.4 Å². The van der Waals surface area contributed by atoms with E-state index in [-0.39, 0.29) is 48.9 Å². The van der Waals surface area contributed by atoms with Crippen LogP contribution >= 0.6 is 0 Å². The first-order valence-corrected chi connectivity index (χ1v) is 15.9. The largest absolute Gasteiger partial charge is 0.512 e. The molecule has 1 radical (unpaired) electrons. The fourth-order valence-electron chi connectivity index (χ4n) is 6.66. The average Bonchev–Trinajstić information content (AvgIpc) is 3.49. The van der Waals surface area contributed by atoms with Gasteiger partial charge >= 0.3 is 0 Å². The number of aromatic nitrogens is 3. The van der Waals surface area contributed by atoms with Gasteiger partial charge in [0.25, 0.3) is 0 Å². The molecule has 1 N–H and O–H groups in total. The third-order valence-electron chi connectivity index (χ3n) is 8.87. The van der Waals surface area contributed by atoms with E-state index in [2.05, 4.69) is 85.2 Å². The fraction of sp³-hybridized carbons (Fsp3) is 0.421. The van der Waals surface area contributed by atoms with Crippen LogP contribution in [0.3, 0.4) is 0 Å². The minimum absolute atomic E-state index is 0. The van der Waals surface area contributed by atoms with Gasteiger partial charge in [-0.15, -0.1) is 5.56 Å². The number of para-hydroxylation sites is 1.